The Labute approximate surface area is 140 Å². The average Bonchev–Trinajstić information content (AvgIpc) is 3.03. The van der Waals surface area contributed by atoms with Gasteiger partial charge in [-0.15, -0.1) is 0 Å². The van der Waals surface area contributed by atoms with Crippen LogP contribution < -0.4 is 10.6 Å². The highest BCUT2D eigenvalue weighted by Crippen LogP contribution is 2.16. The molecule has 5 nitrogen and oxygen atoms in total. The lowest BCUT2D eigenvalue weighted by atomic mass is 10.0. The number of carbonyl (C=O) groups excluding carboxylic acids is 1. The minimum absolute atomic E-state index is 0.0157. The number of nitrogens with one attached hydrogen (secondary N) is 3. The summed E-state index contributed by atoms with van der Waals surface area (Å²) in [6, 6.07) is 19.2. The number of hydrogen-bond donors (Lipinski definition) is 4. The van der Waals surface area contributed by atoms with Crippen LogP contribution in [0.25, 0.3) is 10.9 Å². The number of amides is 2. The molecule has 3 aromatic rings. The second-order valence-corrected chi connectivity index (χ2v) is 5.68. The fourth-order valence-corrected chi connectivity index (χ4v) is 2.75. The third-order valence-corrected chi connectivity index (χ3v) is 3.95. The van der Waals surface area contributed by atoms with Crippen molar-refractivity contribution in [2.45, 2.75) is 19.0 Å². The summed E-state index contributed by atoms with van der Waals surface area (Å²) in [7, 11) is 0. The van der Waals surface area contributed by atoms with Gasteiger partial charge in [0.2, 0.25) is 0 Å². The van der Waals surface area contributed by atoms with E-state index in [1.807, 2.05) is 60.7 Å². The van der Waals surface area contributed by atoms with Gasteiger partial charge in [0.05, 0.1) is 12.6 Å². The third kappa shape index (κ3) is 3.94. The fourth-order valence-electron chi connectivity index (χ4n) is 2.75. The van der Waals surface area contributed by atoms with Gasteiger partial charge in [-0.1, -0.05) is 48.5 Å². The summed E-state index contributed by atoms with van der Waals surface area (Å²) in [5, 5.41) is 16.1. The van der Waals surface area contributed by atoms with Gasteiger partial charge in [-0.3, -0.25) is 0 Å². The number of fused-ring (bicyclic) bond motifs is 1. The molecule has 0 fully saturated rings. The molecule has 0 saturated carbocycles. The highest BCUT2D eigenvalue weighted by atomic mass is 16.3. The Morgan fingerprint density at radius 2 is 1.83 bits per heavy atom. The Morgan fingerprint density at radius 1 is 1.08 bits per heavy atom. The lowest BCUT2D eigenvalue weighted by molar-refractivity contribution is 0.229. The number of hydrogen-bond acceptors (Lipinski definition) is 2. The van der Waals surface area contributed by atoms with Gasteiger partial charge in [-0.2, -0.15) is 0 Å². The fraction of sp³-hybridized carbons (Fsp3) is 0.211. The van der Waals surface area contributed by atoms with Gasteiger partial charge in [0, 0.05) is 17.8 Å². The molecule has 1 heterocycles. The summed E-state index contributed by atoms with van der Waals surface area (Å²) in [6.45, 7) is 0.434. The molecule has 0 spiro atoms. The topological polar surface area (TPSA) is 77.2 Å². The van der Waals surface area contributed by atoms with Gasteiger partial charge in [-0.05, 0) is 29.5 Å². The van der Waals surface area contributed by atoms with Crippen LogP contribution in [-0.4, -0.2) is 22.7 Å². The van der Waals surface area contributed by atoms with E-state index in [-0.39, 0.29) is 18.7 Å². The SMILES string of the molecule is O=C(NCc1cc2ccccc2[nH]1)N[C@H](CCO)c1ccccc1. The Kier molecular flexibility index (Phi) is 5.13. The van der Waals surface area contributed by atoms with Crippen LogP contribution in [0.5, 0.6) is 0 Å². The van der Waals surface area contributed by atoms with Crippen molar-refractivity contribution in [1.82, 2.24) is 15.6 Å². The first-order valence-electron chi connectivity index (χ1n) is 8.03. The monoisotopic (exact) mass is 323 g/mol. The number of aliphatic hydroxyl groups is 1. The van der Waals surface area contributed by atoms with Crippen molar-refractivity contribution in [2.24, 2.45) is 0 Å². The van der Waals surface area contributed by atoms with Crippen LogP contribution >= 0.6 is 0 Å². The maximum Gasteiger partial charge on any atom is 0.315 e. The molecule has 0 bridgehead atoms. The molecule has 0 unspecified atom stereocenters. The van der Waals surface area contributed by atoms with E-state index < -0.39 is 0 Å². The molecule has 1 aromatic heterocycles. The third-order valence-electron chi connectivity index (χ3n) is 3.95. The molecule has 1 atom stereocenters. The minimum atomic E-state index is -0.254. The maximum atomic E-state index is 12.2. The van der Waals surface area contributed by atoms with Crippen molar-refractivity contribution in [3.05, 3.63) is 71.9 Å². The molecule has 4 N–H and O–H groups in total. The normalized spacial score (nSPS) is 12.0. The standard InChI is InChI=1S/C19H21N3O2/c23-11-10-18(14-6-2-1-3-7-14)22-19(24)20-13-16-12-15-8-4-5-9-17(15)21-16/h1-9,12,18,21,23H,10-11,13H2,(H2,20,22,24)/t18-/m1/s1. The van der Waals surface area contributed by atoms with Crippen LogP contribution in [0.2, 0.25) is 0 Å². The Hall–Kier alpha value is -2.79. The highest BCUT2D eigenvalue weighted by Gasteiger charge is 2.13. The van der Waals surface area contributed by atoms with Gasteiger partial charge in [0.25, 0.3) is 0 Å². The second-order valence-electron chi connectivity index (χ2n) is 5.68. The van der Waals surface area contributed by atoms with Crippen molar-refractivity contribution in [3.8, 4) is 0 Å². The van der Waals surface area contributed by atoms with Gasteiger partial charge in [-0.25, -0.2) is 4.79 Å². The van der Waals surface area contributed by atoms with Gasteiger partial charge < -0.3 is 20.7 Å². The van der Waals surface area contributed by atoms with E-state index in [1.54, 1.807) is 0 Å². The zero-order chi connectivity index (χ0) is 16.8. The first-order chi connectivity index (χ1) is 11.8. The number of aromatic nitrogens is 1. The molecule has 2 amide bonds. The maximum absolute atomic E-state index is 12.2. The smallest absolute Gasteiger partial charge is 0.315 e. The zero-order valence-electron chi connectivity index (χ0n) is 13.3. The molecule has 124 valence electrons. The summed E-state index contributed by atoms with van der Waals surface area (Å²) in [5.41, 5.74) is 2.98. The molecule has 0 aliphatic heterocycles. The van der Waals surface area contributed by atoms with Crippen molar-refractivity contribution in [1.29, 1.82) is 0 Å². The summed E-state index contributed by atoms with van der Waals surface area (Å²) in [6.07, 6.45) is 0.476. The molecule has 0 radical (unpaired) electrons. The summed E-state index contributed by atoms with van der Waals surface area (Å²) < 4.78 is 0. The number of aromatic amines is 1. The van der Waals surface area contributed by atoms with E-state index in [2.05, 4.69) is 15.6 Å². The average molecular weight is 323 g/mol. The molecular weight excluding hydrogens is 302 g/mol. The lowest BCUT2D eigenvalue weighted by Crippen LogP contribution is -2.38. The van der Waals surface area contributed by atoms with Crippen molar-refractivity contribution in [3.63, 3.8) is 0 Å². The predicted octanol–water partition coefficient (Wildman–Crippen LogP) is 3.09. The number of carbonyl (C=O) groups is 1. The van der Waals surface area contributed by atoms with E-state index in [1.165, 1.54) is 0 Å². The van der Waals surface area contributed by atoms with E-state index in [9.17, 15) is 9.90 Å². The lowest BCUT2D eigenvalue weighted by Gasteiger charge is -2.18. The Balaban J connectivity index is 1.59. The van der Waals surface area contributed by atoms with Crippen LogP contribution in [-0.2, 0) is 6.54 Å². The molecule has 0 aliphatic carbocycles. The number of benzene rings is 2. The predicted molar refractivity (Wildman–Crippen MR) is 94.6 cm³/mol. The van der Waals surface area contributed by atoms with E-state index >= 15 is 0 Å². The molecule has 3 rings (SSSR count). The second kappa shape index (κ2) is 7.66. The van der Waals surface area contributed by atoms with Gasteiger partial charge in [0.15, 0.2) is 0 Å². The largest absolute Gasteiger partial charge is 0.396 e. The minimum Gasteiger partial charge on any atom is -0.396 e. The molecule has 0 aliphatic rings. The van der Waals surface area contributed by atoms with Crippen molar-refractivity contribution in [2.75, 3.05) is 6.61 Å². The number of rotatable bonds is 6. The summed E-state index contributed by atoms with van der Waals surface area (Å²) in [5.74, 6) is 0. The van der Waals surface area contributed by atoms with Gasteiger partial charge >= 0.3 is 6.03 Å². The van der Waals surface area contributed by atoms with Crippen LogP contribution in [0, 0.1) is 0 Å². The Bertz CT molecular complexity index is 765. The first-order valence-corrected chi connectivity index (χ1v) is 8.03. The van der Waals surface area contributed by atoms with Crippen LogP contribution in [0.1, 0.15) is 23.7 Å². The molecule has 0 saturated heterocycles. The van der Waals surface area contributed by atoms with Crippen LogP contribution in [0.15, 0.2) is 60.7 Å². The quantitative estimate of drug-likeness (QED) is 0.562. The van der Waals surface area contributed by atoms with Crippen LogP contribution in [0.3, 0.4) is 0 Å². The highest BCUT2D eigenvalue weighted by molar-refractivity contribution is 5.80. The van der Waals surface area contributed by atoms with Crippen molar-refractivity contribution < 1.29 is 9.90 Å². The number of H-pyrrole nitrogens is 1. The number of urea groups is 1. The zero-order valence-corrected chi connectivity index (χ0v) is 13.3. The van der Waals surface area contributed by atoms with Crippen LogP contribution in [0.4, 0.5) is 4.79 Å². The molecule has 24 heavy (non-hydrogen) atoms. The molecule has 5 heteroatoms. The van der Waals surface area contributed by atoms with Gasteiger partial charge in [0.1, 0.15) is 0 Å². The molecule has 2 aromatic carbocycles. The first kappa shape index (κ1) is 16.1. The number of aliphatic hydroxyl groups excluding tert-OH is 1. The van der Waals surface area contributed by atoms with E-state index in [0.29, 0.717) is 13.0 Å². The molecular formula is C19H21N3O2. The van der Waals surface area contributed by atoms with E-state index in [4.69, 9.17) is 0 Å². The number of para-hydroxylation sites is 1. The summed E-state index contributed by atoms with van der Waals surface area (Å²) in [4.78, 5) is 15.5. The Morgan fingerprint density at radius 3 is 2.58 bits per heavy atom. The summed E-state index contributed by atoms with van der Waals surface area (Å²) >= 11 is 0. The van der Waals surface area contributed by atoms with Crippen molar-refractivity contribution >= 4 is 16.9 Å². The van der Waals surface area contributed by atoms with E-state index in [0.717, 1.165) is 22.2 Å².